The van der Waals surface area contributed by atoms with Crippen LogP contribution in [0.4, 0.5) is 0 Å². The summed E-state index contributed by atoms with van der Waals surface area (Å²) in [5, 5.41) is 8.43. The normalized spacial score (nSPS) is 11.3. The molecule has 2 rings (SSSR count). The van der Waals surface area contributed by atoms with Gasteiger partial charge >= 0.3 is 0 Å². The maximum atomic E-state index is 6.40. The fourth-order valence-corrected chi connectivity index (χ4v) is 2.41. The highest BCUT2D eigenvalue weighted by molar-refractivity contribution is 6.33. The zero-order valence-electron chi connectivity index (χ0n) is 11.9. The largest absolute Gasteiger partial charge is 0.316 e. The van der Waals surface area contributed by atoms with E-state index in [0.717, 1.165) is 28.4 Å². The third-order valence-electron chi connectivity index (χ3n) is 3.15. The minimum atomic E-state index is 0.356. The van der Waals surface area contributed by atoms with Gasteiger partial charge in [-0.15, -0.1) is 0 Å². The Morgan fingerprint density at radius 1 is 1.32 bits per heavy atom. The molecule has 0 aliphatic rings. The van der Waals surface area contributed by atoms with Gasteiger partial charge in [0.15, 0.2) is 0 Å². The number of hydrogen-bond donors (Lipinski definition) is 1. The van der Waals surface area contributed by atoms with Crippen molar-refractivity contribution in [1.29, 1.82) is 0 Å². The van der Waals surface area contributed by atoms with Crippen LogP contribution in [0.2, 0.25) is 5.02 Å². The van der Waals surface area contributed by atoms with Gasteiger partial charge in [-0.25, -0.2) is 0 Å². The second-order valence-corrected chi connectivity index (χ2v) is 5.45. The molecule has 2 aromatic rings. The Balaban J connectivity index is 2.41. The molecule has 0 saturated carbocycles. The highest BCUT2D eigenvalue weighted by atomic mass is 35.5. The first kappa shape index (κ1) is 14.1. The maximum absolute atomic E-state index is 6.40. The van der Waals surface area contributed by atoms with E-state index in [0.29, 0.717) is 6.04 Å². The number of aromatic nitrogens is 2. The van der Waals surface area contributed by atoms with Crippen LogP contribution in [-0.4, -0.2) is 16.8 Å². The molecule has 1 N–H and O–H groups in total. The summed E-state index contributed by atoms with van der Waals surface area (Å²) in [7, 11) is 1.93. The van der Waals surface area contributed by atoms with Crippen LogP contribution >= 0.6 is 11.6 Å². The molecule has 1 heterocycles. The number of nitrogens with zero attached hydrogens (tertiary/aromatic N) is 2. The first-order chi connectivity index (χ1) is 9.02. The summed E-state index contributed by atoms with van der Waals surface area (Å²) in [4.78, 5) is 0. The lowest BCUT2D eigenvalue weighted by Gasteiger charge is -2.06. The van der Waals surface area contributed by atoms with E-state index >= 15 is 0 Å². The Bertz CT molecular complexity index is 573. The molecule has 0 amide bonds. The smallest absolute Gasteiger partial charge is 0.0672 e. The predicted molar refractivity (Wildman–Crippen MR) is 80.6 cm³/mol. The Labute approximate surface area is 119 Å². The summed E-state index contributed by atoms with van der Waals surface area (Å²) in [5.74, 6) is 0. The van der Waals surface area contributed by atoms with Crippen LogP contribution in [0.5, 0.6) is 0 Å². The summed E-state index contributed by atoms with van der Waals surface area (Å²) < 4.78 is 1.97. The van der Waals surface area contributed by atoms with Crippen LogP contribution in [0.15, 0.2) is 24.4 Å². The van der Waals surface area contributed by atoms with E-state index in [4.69, 9.17) is 11.6 Å². The average Bonchev–Trinajstić information content (AvgIpc) is 2.72. The first-order valence-electron chi connectivity index (χ1n) is 6.52. The molecule has 0 aliphatic carbocycles. The molecule has 0 fully saturated rings. The SMILES string of the molecule is CNCc1ccc(-c2cn(C(C)C)nc2C)c(Cl)c1. The third kappa shape index (κ3) is 2.99. The Kier molecular flexibility index (Phi) is 4.27. The van der Waals surface area contributed by atoms with Gasteiger partial charge in [0.05, 0.1) is 5.69 Å². The highest BCUT2D eigenvalue weighted by Gasteiger charge is 2.12. The summed E-state index contributed by atoms with van der Waals surface area (Å²) in [6.45, 7) is 7.08. The van der Waals surface area contributed by atoms with Gasteiger partial charge in [0.1, 0.15) is 0 Å². The van der Waals surface area contributed by atoms with Crippen LogP contribution < -0.4 is 5.32 Å². The summed E-state index contributed by atoms with van der Waals surface area (Å²) in [6, 6.07) is 6.54. The molecule has 1 aromatic heterocycles. The number of rotatable bonds is 4. The Morgan fingerprint density at radius 2 is 2.05 bits per heavy atom. The lowest BCUT2D eigenvalue weighted by Crippen LogP contribution is -2.04. The van der Waals surface area contributed by atoms with Crippen molar-refractivity contribution >= 4 is 11.6 Å². The van der Waals surface area contributed by atoms with Gasteiger partial charge in [-0.3, -0.25) is 4.68 Å². The van der Waals surface area contributed by atoms with Crippen LogP contribution in [0.1, 0.15) is 31.1 Å². The topological polar surface area (TPSA) is 29.9 Å². The van der Waals surface area contributed by atoms with Crippen molar-refractivity contribution < 1.29 is 0 Å². The quantitative estimate of drug-likeness (QED) is 0.921. The number of hydrogen-bond acceptors (Lipinski definition) is 2. The lowest BCUT2D eigenvalue weighted by atomic mass is 10.0. The molecule has 0 atom stereocenters. The van der Waals surface area contributed by atoms with Gasteiger partial charge < -0.3 is 5.32 Å². The average molecular weight is 278 g/mol. The number of halogens is 1. The van der Waals surface area contributed by atoms with E-state index in [1.165, 1.54) is 5.56 Å². The third-order valence-corrected chi connectivity index (χ3v) is 3.46. The second kappa shape index (κ2) is 5.76. The van der Waals surface area contributed by atoms with Gasteiger partial charge in [0.2, 0.25) is 0 Å². The van der Waals surface area contributed by atoms with E-state index in [2.05, 4.69) is 42.6 Å². The predicted octanol–water partition coefficient (Wildman–Crippen LogP) is 3.81. The molecule has 0 aliphatic heterocycles. The fourth-order valence-electron chi connectivity index (χ4n) is 2.10. The maximum Gasteiger partial charge on any atom is 0.0672 e. The van der Waals surface area contributed by atoms with Crippen molar-refractivity contribution in [3.8, 4) is 11.1 Å². The molecular weight excluding hydrogens is 258 g/mol. The van der Waals surface area contributed by atoms with E-state index in [1.54, 1.807) is 0 Å². The van der Waals surface area contributed by atoms with Gasteiger partial charge in [-0.1, -0.05) is 23.7 Å². The van der Waals surface area contributed by atoms with E-state index in [-0.39, 0.29) is 0 Å². The standard InChI is InChI=1S/C15H20ClN3/c1-10(2)19-9-14(11(3)18-19)13-6-5-12(8-17-4)7-15(13)16/h5-7,9-10,17H,8H2,1-4H3. The molecule has 3 nitrogen and oxygen atoms in total. The van der Waals surface area contributed by atoms with Crippen LogP contribution in [0, 0.1) is 6.92 Å². The van der Waals surface area contributed by atoms with Crippen LogP contribution in [-0.2, 0) is 6.54 Å². The number of nitrogens with one attached hydrogen (secondary N) is 1. The zero-order valence-corrected chi connectivity index (χ0v) is 12.6. The van der Waals surface area contributed by atoms with Crippen molar-refractivity contribution in [2.45, 2.75) is 33.4 Å². The number of benzene rings is 1. The number of aryl methyl sites for hydroxylation is 1. The first-order valence-corrected chi connectivity index (χ1v) is 6.90. The van der Waals surface area contributed by atoms with Crippen LogP contribution in [0.25, 0.3) is 11.1 Å². The van der Waals surface area contributed by atoms with Gasteiger partial charge in [-0.2, -0.15) is 5.10 Å². The van der Waals surface area contributed by atoms with Crippen molar-refractivity contribution in [2.24, 2.45) is 0 Å². The fraction of sp³-hybridized carbons (Fsp3) is 0.400. The van der Waals surface area contributed by atoms with E-state index in [9.17, 15) is 0 Å². The van der Waals surface area contributed by atoms with Crippen molar-refractivity contribution in [3.05, 3.63) is 40.7 Å². The monoisotopic (exact) mass is 277 g/mol. The molecule has 0 bridgehead atoms. The molecule has 0 radical (unpaired) electrons. The van der Waals surface area contributed by atoms with Gasteiger partial charge in [-0.05, 0) is 39.4 Å². The second-order valence-electron chi connectivity index (χ2n) is 5.05. The molecule has 0 unspecified atom stereocenters. The molecule has 4 heteroatoms. The summed E-state index contributed by atoms with van der Waals surface area (Å²) >= 11 is 6.40. The summed E-state index contributed by atoms with van der Waals surface area (Å²) in [5.41, 5.74) is 4.35. The van der Waals surface area contributed by atoms with Crippen molar-refractivity contribution in [1.82, 2.24) is 15.1 Å². The Hall–Kier alpha value is -1.32. The minimum absolute atomic E-state index is 0.356. The van der Waals surface area contributed by atoms with Gasteiger partial charge in [0.25, 0.3) is 0 Å². The van der Waals surface area contributed by atoms with E-state index < -0.39 is 0 Å². The Morgan fingerprint density at radius 3 is 2.58 bits per heavy atom. The van der Waals surface area contributed by atoms with Gasteiger partial charge in [0, 0.05) is 34.9 Å². The molecule has 0 spiro atoms. The van der Waals surface area contributed by atoms with Crippen molar-refractivity contribution in [2.75, 3.05) is 7.05 Å². The van der Waals surface area contributed by atoms with E-state index in [1.807, 2.05) is 24.7 Å². The zero-order chi connectivity index (χ0) is 14.0. The van der Waals surface area contributed by atoms with Crippen LogP contribution in [0.3, 0.4) is 0 Å². The van der Waals surface area contributed by atoms with Crippen molar-refractivity contribution in [3.63, 3.8) is 0 Å². The molecule has 19 heavy (non-hydrogen) atoms. The summed E-state index contributed by atoms with van der Waals surface area (Å²) in [6.07, 6.45) is 2.07. The minimum Gasteiger partial charge on any atom is -0.316 e. The highest BCUT2D eigenvalue weighted by Crippen LogP contribution is 2.31. The lowest BCUT2D eigenvalue weighted by molar-refractivity contribution is 0.529. The molecule has 102 valence electrons. The molecule has 0 saturated heterocycles. The molecule has 1 aromatic carbocycles. The molecular formula is C15H20ClN3.